The molecule has 0 aliphatic rings. The van der Waals surface area contributed by atoms with Gasteiger partial charge in [0, 0.05) is 24.5 Å². The van der Waals surface area contributed by atoms with Crippen LogP contribution in [0.4, 0.5) is 0 Å². The number of benzene rings is 1. The van der Waals surface area contributed by atoms with Gasteiger partial charge >= 0.3 is 0 Å². The van der Waals surface area contributed by atoms with Crippen LogP contribution in [0.25, 0.3) is 11.4 Å². The van der Waals surface area contributed by atoms with E-state index in [9.17, 15) is 4.79 Å². The van der Waals surface area contributed by atoms with E-state index in [0.717, 1.165) is 16.9 Å². The lowest BCUT2D eigenvalue weighted by molar-refractivity contribution is -0.118. The van der Waals surface area contributed by atoms with Crippen LogP contribution >= 0.6 is 11.8 Å². The fraction of sp³-hybridized carbons (Fsp3) is 0.182. The third-order valence-electron chi connectivity index (χ3n) is 4.47. The number of furan rings is 1. The summed E-state index contributed by atoms with van der Waals surface area (Å²) in [6, 6.07) is 15.6. The van der Waals surface area contributed by atoms with Crippen molar-refractivity contribution in [2.75, 3.05) is 5.75 Å². The maximum absolute atomic E-state index is 12.3. The van der Waals surface area contributed by atoms with Gasteiger partial charge < -0.3 is 9.73 Å². The number of nitrogens with zero attached hydrogens (tertiary/aromatic N) is 4. The molecular weight excluding hydrogens is 398 g/mol. The average molecular weight is 420 g/mol. The number of carbonyl (C=O) groups excluding carboxylic acids is 1. The zero-order valence-electron chi connectivity index (χ0n) is 16.5. The van der Waals surface area contributed by atoms with Gasteiger partial charge in [0.2, 0.25) is 5.91 Å². The second-order valence-corrected chi connectivity index (χ2v) is 7.71. The summed E-state index contributed by atoms with van der Waals surface area (Å²) in [6.45, 7) is 3.01. The number of carbonyl (C=O) groups is 1. The Bertz CT molecular complexity index is 1090. The third kappa shape index (κ3) is 4.96. The number of nitrogens with one attached hydrogen (secondary N) is 1. The molecule has 0 radical (unpaired) electrons. The van der Waals surface area contributed by atoms with Gasteiger partial charge in [-0.2, -0.15) is 0 Å². The van der Waals surface area contributed by atoms with E-state index in [1.807, 2.05) is 60.0 Å². The van der Waals surface area contributed by atoms with Crippen molar-refractivity contribution in [1.82, 2.24) is 25.1 Å². The number of thioether (sulfide) groups is 1. The third-order valence-corrected chi connectivity index (χ3v) is 5.44. The van der Waals surface area contributed by atoms with Crippen molar-refractivity contribution in [2.45, 2.75) is 25.2 Å². The minimum absolute atomic E-state index is 0.0592. The molecule has 1 amide bonds. The first-order valence-corrected chi connectivity index (χ1v) is 10.5. The van der Waals surface area contributed by atoms with Crippen LogP contribution in [-0.2, 0) is 17.9 Å². The molecule has 4 rings (SSSR count). The number of aromatic nitrogens is 4. The molecule has 8 heteroatoms. The topological polar surface area (TPSA) is 85.8 Å². The minimum Gasteiger partial charge on any atom is -0.467 e. The molecule has 0 aliphatic carbocycles. The highest BCUT2D eigenvalue weighted by Gasteiger charge is 2.17. The summed E-state index contributed by atoms with van der Waals surface area (Å²) in [5, 5.41) is 12.2. The highest BCUT2D eigenvalue weighted by Crippen LogP contribution is 2.24. The van der Waals surface area contributed by atoms with Crippen LogP contribution in [0.15, 0.2) is 76.8 Å². The Kier molecular flexibility index (Phi) is 6.24. The molecule has 0 unspecified atom stereocenters. The fourth-order valence-electron chi connectivity index (χ4n) is 2.89. The van der Waals surface area contributed by atoms with Crippen molar-refractivity contribution < 1.29 is 9.21 Å². The summed E-state index contributed by atoms with van der Waals surface area (Å²) < 4.78 is 7.43. The van der Waals surface area contributed by atoms with Gasteiger partial charge in [0.15, 0.2) is 11.0 Å². The second-order valence-electron chi connectivity index (χ2n) is 6.76. The summed E-state index contributed by atoms with van der Waals surface area (Å²) in [7, 11) is 0. The van der Waals surface area contributed by atoms with Crippen LogP contribution < -0.4 is 5.32 Å². The van der Waals surface area contributed by atoms with Crippen LogP contribution in [-0.4, -0.2) is 31.4 Å². The van der Waals surface area contributed by atoms with Gasteiger partial charge in [0.25, 0.3) is 0 Å². The standard InChI is InChI=1S/C22H21N5O2S/c1-16-6-8-17(9-7-16)12-24-20(28)15-30-22-26-25-21(18-4-2-10-23-13-18)27(22)14-19-5-3-11-29-19/h2-11,13H,12,14-15H2,1H3,(H,24,28). The molecule has 0 aliphatic heterocycles. The SMILES string of the molecule is Cc1ccc(CNC(=O)CSc2nnc(-c3cccnc3)n2Cc2ccco2)cc1. The molecule has 30 heavy (non-hydrogen) atoms. The first-order chi connectivity index (χ1) is 14.7. The van der Waals surface area contributed by atoms with E-state index in [2.05, 4.69) is 20.5 Å². The van der Waals surface area contributed by atoms with Gasteiger partial charge in [0.1, 0.15) is 5.76 Å². The van der Waals surface area contributed by atoms with Gasteiger partial charge in [-0.15, -0.1) is 10.2 Å². The van der Waals surface area contributed by atoms with Gasteiger partial charge in [-0.3, -0.25) is 14.3 Å². The van der Waals surface area contributed by atoms with Crippen LogP contribution in [0, 0.1) is 6.92 Å². The molecular formula is C22H21N5O2S. The molecule has 0 saturated heterocycles. The summed E-state index contributed by atoms with van der Waals surface area (Å²) in [5.41, 5.74) is 3.12. The van der Waals surface area contributed by atoms with E-state index in [1.54, 1.807) is 18.7 Å². The van der Waals surface area contributed by atoms with Crippen LogP contribution in [0.3, 0.4) is 0 Å². The van der Waals surface area contributed by atoms with Crippen LogP contribution in [0.5, 0.6) is 0 Å². The molecule has 3 aromatic heterocycles. The molecule has 3 heterocycles. The predicted octanol–water partition coefficient (Wildman–Crippen LogP) is 3.70. The number of rotatable bonds is 8. The summed E-state index contributed by atoms with van der Waals surface area (Å²) in [6.07, 6.45) is 5.09. The maximum Gasteiger partial charge on any atom is 0.230 e. The molecule has 4 aromatic rings. The first-order valence-electron chi connectivity index (χ1n) is 9.50. The largest absolute Gasteiger partial charge is 0.467 e. The van der Waals surface area contributed by atoms with Gasteiger partial charge in [0.05, 0.1) is 18.6 Å². The predicted molar refractivity (Wildman–Crippen MR) is 115 cm³/mol. The normalized spacial score (nSPS) is 10.8. The van der Waals surface area contributed by atoms with Crippen molar-refractivity contribution in [2.24, 2.45) is 0 Å². The number of amides is 1. The van der Waals surface area contributed by atoms with Crippen molar-refractivity contribution in [3.05, 3.63) is 84.1 Å². The summed E-state index contributed by atoms with van der Waals surface area (Å²) in [5.74, 6) is 1.65. The lowest BCUT2D eigenvalue weighted by Gasteiger charge is -2.09. The van der Waals surface area contributed by atoms with Gasteiger partial charge in [-0.25, -0.2) is 0 Å². The highest BCUT2D eigenvalue weighted by atomic mass is 32.2. The lowest BCUT2D eigenvalue weighted by atomic mass is 10.1. The van der Waals surface area contributed by atoms with Gasteiger partial charge in [-0.1, -0.05) is 41.6 Å². The Morgan fingerprint density at radius 1 is 1.13 bits per heavy atom. The molecule has 152 valence electrons. The summed E-state index contributed by atoms with van der Waals surface area (Å²) in [4.78, 5) is 16.5. The summed E-state index contributed by atoms with van der Waals surface area (Å²) >= 11 is 1.35. The smallest absolute Gasteiger partial charge is 0.230 e. The molecule has 1 aromatic carbocycles. The van der Waals surface area contributed by atoms with E-state index in [4.69, 9.17) is 4.42 Å². The fourth-order valence-corrected chi connectivity index (χ4v) is 3.66. The van der Waals surface area contributed by atoms with Crippen molar-refractivity contribution in [3.63, 3.8) is 0 Å². The van der Waals surface area contributed by atoms with Gasteiger partial charge in [-0.05, 0) is 36.8 Å². The van der Waals surface area contributed by atoms with Crippen molar-refractivity contribution in [3.8, 4) is 11.4 Å². The Morgan fingerprint density at radius 3 is 2.73 bits per heavy atom. The molecule has 1 N–H and O–H groups in total. The van der Waals surface area contributed by atoms with E-state index in [-0.39, 0.29) is 11.7 Å². The Morgan fingerprint density at radius 2 is 2.00 bits per heavy atom. The molecule has 0 spiro atoms. The van der Waals surface area contributed by atoms with E-state index < -0.39 is 0 Å². The van der Waals surface area contributed by atoms with Crippen molar-refractivity contribution in [1.29, 1.82) is 0 Å². The second kappa shape index (κ2) is 9.41. The Balaban J connectivity index is 1.44. The zero-order valence-corrected chi connectivity index (χ0v) is 17.3. The van der Waals surface area contributed by atoms with Crippen LogP contribution in [0.2, 0.25) is 0 Å². The van der Waals surface area contributed by atoms with Crippen molar-refractivity contribution >= 4 is 17.7 Å². The van der Waals surface area contributed by atoms with E-state index in [0.29, 0.717) is 24.1 Å². The quantitative estimate of drug-likeness (QED) is 0.438. The molecule has 7 nitrogen and oxygen atoms in total. The number of pyridine rings is 1. The molecule has 0 fully saturated rings. The number of hydrogen-bond donors (Lipinski definition) is 1. The molecule has 0 atom stereocenters. The molecule has 0 bridgehead atoms. The maximum atomic E-state index is 12.3. The Labute approximate surface area is 178 Å². The zero-order chi connectivity index (χ0) is 20.8. The van der Waals surface area contributed by atoms with E-state index >= 15 is 0 Å². The molecule has 0 saturated carbocycles. The minimum atomic E-state index is -0.0592. The van der Waals surface area contributed by atoms with E-state index in [1.165, 1.54) is 17.3 Å². The monoisotopic (exact) mass is 419 g/mol. The van der Waals surface area contributed by atoms with Crippen LogP contribution in [0.1, 0.15) is 16.9 Å². The number of hydrogen-bond acceptors (Lipinski definition) is 6. The number of aryl methyl sites for hydroxylation is 1. The first kappa shape index (κ1) is 19.9. The Hall–Kier alpha value is -3.39. The average Bonchev–Trinajstić information content (AvgIpc) is 3.43. The lowest BCUT2D eigenvalue weighted by Crippen LogP contribution is -2.24. The highest BCUT2D eigenvalue weighted by molar-refractivity contribution is 7.99.